The molecule has 2 unspecified atom stereocenters. The predicted octanol–water partition coefficient (Wildman–Crippen LogP) is 3.36. The lowest BCUT2D eigenvalue weighted by Gasteiger charge is -2.20. The quantitative estimate of drug-likeness (QED) is 0.771. The third kappa shape index (κ3) is 3.20. The van der Waals surface area contributed by atoms with Crippen molar-refractivity contribution < 1.29 is 17.7 Å². The van der Waals surface area contributed by atoms with Crippen molar-refractivity contribution in [2.45, 2.75) is 17.5 Å². The second-order valence-electron chi connectivity index (χ2n) is 4.12. The van der Waals surface area contributed by atoms with E-state index < -0.39 is 23.5 Å². The van der Waals surface area contributed by atoms with Crippen LogP contribution in [0.25, 0.3) is 0 Å². The highest BCUT2D eigenvalue weighted by atomic mass is 79.9. The van der Waals surface area contributed by atoms with Gasteiger partial charge in [-0.25, -0.2) is 0 Å². The molecule has 2 rings (SSSR count). The SMILES string of the molecule is [O-][S+](c1ccc(Br)cc1)N1CCC(C(F)(F)F)C1. The van der Waals surface area contributed by atoms with Crippen LogP contribution in [-0.2, 0) is 11.4 Å². The maximum Gasteiger partial charge on any atom is 0.393 e. The largest absolute Gasteiger partial charge is 0.593 e. The van der Waals surface area contributed by atoms with Crippen molar-refractivity contribution in [3.8, 4) is 0 Å². The van der Waals surface area contributed by atoms with Gasteiger partial charge in [0.05, 0.1) is 23.8 Å². The van der Waals surface area contributed by atoms with Crippen LogP contribution in [0.2, 0.25) is 0 Å². The minimum absolute atomic E-state index is 0.0196. The molecule has 0 saturated carbocycles. The molecule has 1 aliphatic rings. The van der Waals surface area contributed by atoms with E-state index in [1.807, 2.05) is 0 Å². The molecule has 2 atom stereocenters. The van der Waals surface area contributed by atoms with Gasteiger partial charge >= 0.3 is 6.18 Å². The fraction of sp³-hybridized carbons (Fsp3) is 0.455. The highest BCUT2D eigenvalue weighted by Gasteiger charge is 2.46. The summed E-state index contributed by atoms with van der Waals surface area (Å²) in [7, 11) is 0. The number of benzene rings is 1. The summed E-state index contributed by atoms with van der Waals surface area (Å²) in [6.45, 7) is 0.0268. The molecule has 0 aromatic heterocycles. The van der Waals surface area contributed by atoms with Crippen LogP contribution in [0.5, 0.6) is 0 Å². The van der Waals surface area contributed by atoms with Gasteiger partial charge in [-0.3, -0.25) is 0 Å². The molecule has 0 bridgehead atoms. The van der Waals surface area contributed by atoms with Crippen molar-refractivity contribution in [3.05, 3.63) is 28.7 Å². The molecule has 100 valence electrons. The Morgan fingerprint density at radius 3 is 2.39 bits per heavy atom. The Bertz CT molecular complexity index is 412. The zero-order valence-electron chi connectivity index (χ0n) is 9.28. The van der Waals surface area contributed by atoms with Crippen molar-refractivity contribution in [1.29, 1.82) is 0 Å². The molecule has 1 aromatic rings. The first kappa shape index (κ1) is 14.2. The highest BCUT2D eigenvalue weighted by Crippen LogP contribution is 2.35. The molecule has 2 nitrogen and oxygen atoms in total. The molecule has 0 radical (unpaired) electrons. The van der Waals surface area contributed by atoms with Gasteiger partial charge < -0.3 is 4.55 Å². The molecular weight excluding hydrogens is 331 g/mol. The second kappa shape index (κ2) is 5.40. The van der Waals surface area contributed by atoms with Crippen LogP contribution in [0.3, 0.4) is 0 Å². The molecular formula is C11H11BrF3NOS. The van der Waals surface area contributed by atoms with E-state index in [4.69, 9.17) is 0 Å². The smallest absolute Gasteiger partial charge is 0.393 e. The van der Waals surface area contributed by atoms with E-state index in [0.717, 1.165) is 4.47 Å². The molecule has 0 spiro atoms. The van der Waals surface area contributed by atoms with Gasteiger partial charge in [-0.1, -0.05) is 15.9 Å². The number of nitrogens with zero attached hydrogens (tertiary/aromatic N) is 1. The zero-order chi connectivity index (χ0) is 13.3. The number of hydrogen-bond donors (Lipinski definition) is 0. The summed E-state index contributed by atoms with van der Waals surface area (Å²) in [5.74, 6) is -1.36. The molecule has 1 heterocycles. The van der Waals surface area contributed by atoms with E-state index in [9.17, 15) is 17.7 Å². The van der Waals surface area contributed by atoms with Crippen molar-refractivity contribution >= 4 is 27.3 Å². The van der Waals surface area contributed by atoms with Gasteiger partial charge in [-0.2, -0.15) is 13.2 Å². The van der Waals surface area contributed by atoms with Crippen LogP contribution in [-0.4, -0.2) is 28.1 Å². The van der Waals surface area contributed by atoms with Crippen molar-refractivity contribution in [3.63, 3.8) is 0 Å². The van der Waals surface area contributed by atoms with E-state index in [1.165, 1.54) is 4.31 Å². The zero-order valence-corrected chi connectivity index (χ0v) is 11.7. The van der Waals surface area contributed by atoms with Crippen LogP contribution >= 0.6 is 15.9 Å². The number of hydrogen-bond acceptors (Lipinski definition) is 2. The fourth-order valence-corrected chi connectivity index (χ4v) is 3.36. The standard InChI is InChI=1S/C11H11BrF3NOS/c12-9-1-3-10(4-2-9)18(17)16-6-5-8(7-16)11(13,14)15/h1-4,8H,5-7H2. The maximum atomic E-state index is 12.5. The summed E-state index contributed by atoms with van der Waals surface area (Å²) < 4.78 is 51.9. The first-order valence-corrected chi connectivity index (χ1v) is 7.27. The lowest BCUT2D eigenvalue weighted by Crippen LogP contribution is -2.32. The van der Waals surface area contributed by atoms with E-state index >= 15 is 0 Å². The highest BCUT2D eigenvalue weighted by molar-refractivity contribution is 9.10. The van der Waals surface area contributed by atoms with E-state index in [0.29, 0.717) is 4.90 Å². The Morgan fingerprint density at radius 2 is 1.89 bits per heavy atom. The summed E-state index contributed by atoms with van der Waals surface area (Å²) in [5.41, 5.74) is 0. The second-order valence-corrected chi connectivity index (χ2v) is 6.52. The molecule has 1 saturated heterocycles. The summed E-state index contributed by atoms with van der Waals surface area (Å²) in [4.78, 5) is 0.529. The minimum Gasteiger partial charge on any atom is -0.593 e. The molecule has 0 aliphatic carbocycles. The Morgan fingerprint density at radius 1 is 1.28 bits per heavy atom. The Balaban J connectivity index is 2.03. The molecule has 1 aliphatic heterocycles. The molecule has 7 heteroatoms. The van der Waals surface area contributed by atoms with Gasteiger partial charge in [0.2, 0.25) is 0 Å². The van der Waals surface area contributed by atoms with Gasteiger partial charge in [-0.05, 0) is 30.7 Å². The van der Waals surface area contributed by atoms with Crippen LogP contribution < -0.4 is 0 Å². The van der Waals surface area contributed by atoms with Crippen LogP contribution in [0.15, 0.2) is 33.6 Å². The average Bonchev–Trinajstić information content (AvgIpc) is 2.78. The number of rotatable bonds is 2. The summed E-state index contributed by atoms with van der Waals surface area (Å²) >= 11 is 1.74. The van der Waals surface area contributed by atoms with Crippen LogP contribution in [0, 0.1) is 5.92 Å². The van der Waals surface area contributed by atoms with Crippen LogP contribution in [0.1, 0.15) is 6.42 Å². The molecule has 18 heavy (non-hydrogen) atoms. The third-order valence-corrected chi connectivity index (χ3v) is 4.87. The van der Waals surface area contributed by atoms with Gasteiger partial charge in [0.25, 0.3) is 0 Å². The third-order valence-electron chi connectivity index (χ3n) is 2.86. The monoisotopic (exact) mass is 341 g/mol. The van der Waals surface area contributed by atoms with Crippen LogP contribution in [0.4, 0.5) is 13.2 Å². The first-order chi connectivity index (χ1) is 8.38. The predicted molar refractivity (Wildman–Crippen MR) is 66.3 cm³/mol. The van der Waals surface area contributed by atoms with Gasteiger partial charge in [0.1, 0.15) is 0 Å². The lowest BCUT2D eigenvalue weighted by atomic mass is 10.1. The Hall–Kier alpha value is -0.240. The lowest BCUT2D eigenvalue weighted by molar-refractivity contribution is -0.169. The molecule has 1 fully saturated rings. The Labute approximate surface area is 115 Å². The van der Waals surface area contributed by atoms with Crippen molar-refractivity contribution in [2.24, 2.45) is 5.92 Å². The minimum atomic E-state index is -4.20. The Kier molecular flexibility index (Phi) is 4.25. The van der Waals surface area contributed by atoms with E-state index in [-0.39, 0.29) is 19.5 Å². The summed E-state index contributed by atoms with van der Waals surface area (Å²) in [5, 5.41) is 0. The van der Waals surface area contributed by atoms with Gasteiger partial charge in [-0.15, -0.1) is 4.31 Å². The molecule has 0 N–H and O–H groups in total. The van der Waals surface area contributed by atoms with Gasteiger partial charge in [0, 0.05) is 11.0 Å². The maximum absolute atomic E-state index is 12.5. The van der Waals surface area contributed by atoms with Gasteiger partial charge in [0.15, 0.2) is 4.90 Å². The normalized spacial score (nSPS) is 23.3. The average molecular weight is 342 g/mol. The molecule has 1 aromatic carbocycles. The first-order valence-electron chi connectivity index (χ1n) is 5.37. The van der Waals surface area contributed by atoms with E-state index in [1.54, 1.807) is 24.3 Å². The van der Waals surface area contributed by atoms with Crippen molar-refractivity contribution in [2.75, 3.05) is 13.1 Å². The van der Waals surface area contributed by atoms with E-state index in [2.05, 4.69) is 15.9 Å². The number of halogens is 4. The molecule has 0 amide bonds. The van der Waals surface area contributed by atoms with Crippen molar-refractivity contribution in [1.82, 2.24) is 4.31 Å². The topological polar surface area (TPSA) is 26.3 Å². The summed E-state index contributed by atoms with van der Waals surface area (Å²) in [6, 6.07) is 6.76. The summed E-state index contributed by atoms with van der Waals surface area (Å²) in [6.07, 6.45) is -4.18. The fourth-order valence-electron chi connectivity index (χ4n) is 1.85. The number of alkyl halides is 3.